The fourth-order valence-corrected chi connectivity index (χ4v) is 2.65. The first-order valence-corrected chi connectivity index (χ1v) is 8.97. The van der Waals surface area contributed by atoms with E-state index in [9.17, 15) is 4.79 Å². The van der Waals surface area contributed by atoms with Crippen LogP contribution in [0.2, 0.25) is 0 Å². The number of amides is 1. The van der Waals surface area contributed by atoms with Crippen molar-refractivity contribution in [1.29, 1.82) is 0 Å². The lowest BCUT2D eigenvalue weighted by atomic mass is 10.2. The molecule has 4 rings (SSSR count). The zero-order chi connectivity index (χ0) is 19.9. The van der Waals surface area contributed by atoms with Crippen LogP contribution in [0.4, 0.5) is 17.1 Å². The van der Waals surface area contributed by atoms with Crippen LogP contribution in [0.15, 0.2) is 95.4 Å². The fraction of sp³-hybridized carbons (Fsp3) is 0.0455. The maximum Gasteiger partial charge on any atom is 0.262 e. The number of azo groups is 1. The monoisotopic (exact) mass is 383 g/mol. The molecule has 1 aromatic heterocycles. The van der Waals surface area contributed by atoms with Gasteiger partial charge in [0.05, 0.1) is 22.3 Å². The highest BCUT2D eigenvalue weighted by Crippen LogP contribution is 2.21. The van der Waals surface area contributed by atoms with Gasteiger partial charge in [0.15, 0.2) is 6.61 Å². The van der Waals surface area contributed by atoms with Crippen molar-refractivity contribution in [3.63, 3.8) is 0 Å². The van der Waals surface area contributed by atoms with Gasteiger partial charge in [0.1, 0.15) is 6.33 Å². The minimum atomic E-state index is -0.286. The van der Waals surface area contributed by atoms with E-state index in [0.29, 0.717) is 17.3 Å². The normalized spacial score (nSPS) is 10.9. The van der Waals surface area contributed by atoms with Crippen LogP contribution in [0.1, 0.15) is 0 Å². The Bertz CT molecular complexity index is 1140. The quantitative estimate of drug-likeness (QED) is 0.471. The zero-order valence-corrected chi connectivity index (χ0v) is 15.4. The molecule has 0 radical (unpaired) electrons. The van der Waals surface area contributed by atoms with Gasteiger partial charge in [-0.15, -0.1) is 0 Å². The molecular weight excluding hydrogens is 366 g/mol. The second-order valence-electron chi connectivity index (χ2n) is 6.12. The number of hydrogen-bond acceptors (Lipinski definition) is 6. The van der Waals surface area contributed by atoms with Gasteiger partial charge in [0.25, 0.3) is 5.91 Å². The number of rotatable bonds is 6. The molecule has 1 amide bonds. The number of nitrogens with one attached hydrogen (secondary N) is 1. The van der Waals surface area contributed by atoms with E-state index in [1.807, 2.05) is 54.6 Å². The number of anilines is 1. The Morgan fingerprint density at radius 2 is 1.52 bits per heavy atom. The predicted octanol–water partition coefficient (Wildman–Crippen LogP) is 5.06. The zero-order valence-electron chi connectivity index (χ0n) is 15.4. The third kappa shape index (κ3) is 4.78. The Morgan fingerprint density at radius 1 is 0.828 bits per heavy atom. The highest BCUT2D eigenvalue weighted by molar-refractivity contribution is 5.92. The van der Waals surface area contributed by atoms with Crippen LogP contribution in [0, 0.1) is 0 Å². The SMILES string of the molecule is O=C(COc1ncnc2ccccc12)Nc1ccc(N=Nc2ccccc2)cc1. The minimum Gasteiger partial charge on any atom is -0.467 e. The van der Waals surface area contributed by atoms with Gasteiger partial charge in [-0.3, -0.25) is 4.79 Å². The molecular formula is C22H17N5O2. The van der Waals surface area contributed by atoms with Crippen LogP contribution in [0.5, 0.6) is 5.88 Å². The van der Waals surface area contributed by atoms with Gasteiger partial charge >= 0.3 is 0 Å². The molecule has 0 saturated heterocycles. The molecule has 3 aromatic carbocycles. The van der Waals surface area contributed by atoms with Crippen molar-refractivity contribution in [2.45, 2.75) is 0 Å². The molecule has 7 nitrogen and oxygen atoms in total. The van der Waals surface area contributed by atoms with E-state index >= 15 is 0 Å². The third-order valence-corrected chi connectivity index (χ3v) is 4.03. The van der Waals surface area contributed by atoms with Gasteiger partial charge in [-0.05, 0) is 48.5 Å². The average Bonchev–Trinajstić information content (AvgIpc) is 2.78. The van der Waals surface area contributed by atoms with Crippen LogP contribution < -0.4 is 10.1 Å². The van der Waals surface area contributed by atoms with Crippen molar-refractivity contribution in [1.82, 2.24) is 9.97 Å². The summed E-state index contributed by atoms with van der Waals surface area (Å²) in [6, 6.07) is 24.0. The Hall–Kier alpha value is -4.13. The summed E-state index contributed by atoms with van der Waals surface area (Å²) in [5.41, 5.74) is 2.87. The lowest BCUT2D eigenvalue weighted by Crippen LogP contribution is -2.20. The highest BCUT2D eigenvalue weighted by atomic mass is 16.5. The van der Waals surface area contributed by atoms with Crippen LogP contribution in [0.25, 0.3) is 10.9 Å². The Kier molecular flexibility index (Phi) is 5.48. The van der Waals surface area contributed by atoms with Crippen LogP contribution in [-0.4, -0.2) is 22.5 Å². The maximum atomic E-state index is 12.2. The van der Waals surface area contributed by atoms with E-state index in [4.69, 9.17) is 4.74 Å². The summed E-state index contributed by atoms with van der Waals surface area (Å²) in [5.74, 6) is 0.0915. The first-order valence-electron chi connectivity index (χ1n) is 8.97. The van der Waals surface area contributed by atoms with Crippen LogP contribution in [0.3, 0.4) is 0 Å². The van der Waals surface area contributed by atoms with Crippen molar-refractivity contribution in [3.8, 4) is 5.88 Å². The molecule has 0 aliphatic carbocycles. The van der Waals surface area contributed by atoms with Gasteiger partial charge in [0.2, 0.25) is 5.88 Å². The summed E-state index contributed by atoms with van der Waals surface area (Å²) in [6.45, 7) is -0.156. The Labute approximate surface area is 167 Å². The molecule has 4 aromatic rings. The van der Waals surface area contributed by atoms with Crippen LogP contribution in [-0.2, 0) is 4.79 Å². The summed E-state index contributed by atoms with van der Waals surface area (Å²) < 4.78 is 5.57. The summed E-state index contributed by atoms with van der Waals surface area (Å²) in [5, 5.41) is 11.9. The van der Waals surface area contributed by atoms with E-state index in [-0.39, 0.29) is 12.5 Å². The number of nitrogens with zero attached hydrogens (tertiary/aromatic N) is 4. The molecule has 0 aliphatic rings. The molecule has 0 atom stereocenters. The van der Waals surface area contributed by atoms with Gasteiger partial charge in [-0.25, -0.2) is 9.97 Å². The van der Waals surface area contributed by atoms with E-state index in [0.717, 1.165) is 16.6 Å². The fourth-order valence-electron chi connectivity index (χ4n) is 2.65. The Balaban J connectivity index is 1.34. The summed E-state index contributed by atoms with van der Waals surface area (Å²) in [7, 11) is 0. The summed E-state index contributed by atoms with van der Waals surface area (Å²) in [6.07, 6.45) is 1.41. The highest BCUT2D eigenvalue weighted by Gasteiger charge is 2.08. The molecule has 1 N–H and O–H groups in total. The predicted molar refractivity (Wildman–Crippen MR) is 111 cm³/mol. The topological polar surface area (TPSA) is 88.8 Å². The second kappa shape index (κ2) is 8.71. The van der Waals surface area contributed by atoms with E-state index in [1.54, 1.807) is 24.3 Å². The molecule has 0 aliphatic heterocycles. The first kappa shape index (κ1) is 18.2. The lowest BCUT2D eigenvalue weighted by Gasteiger charge is -2.08. The molecule has 29 heavy (non-hydrogen) atoms. The number of para-hydroxylation sites is 1. The number of carbonyl (C=O) groups excluding carboxylic acids is 1. The number of fused-ring (bicyclic) bond motifs is 1. The first-order chi connectivity index (χ1) is 14.3. The molecule has 0 spiro atoms. The number of hydrogen-bond donors (Lipinski definition) is 1. The molecule has 7 heteroatoms. The maximum absolute atomic E-state index is 12.2. The van der Waals surface area contributed by atoms with E-state index in [1.165, 1.54) is 6.33 Å². The van der Waals surface area contributed by atoms with Gasteiger partial charge in [-0.2, -0.15) is 10.2 Å². The van der Waals surface area contributed by atoms with Crippen molar-refractivity contribution in [2.75, 3.05) is 11.9 Å². The summed E-state index contributed by atoms with van der Waals surface area (Å²) in [4.78, 5) is 20.5. The lowest BCUT2D eigenvalue weighted by molar-refractivity contribution is -0.118. The van der Waals surface area contributed by atoms with Crippen molar-refractivity contribution < 1.29 is 9.53 Å². The number of aromatic nitrogens is 2. The number of benzene rings is 3. The average molecular weight is 383 g/mol. The molecule has 0 unspecified atom stereocenters. The Morgan fingerprint density at radius 3 is 2.31 bits per heavy atom. The largest absolute Gasteiger partial charge is 0.467 e. The number of ether oxygens (including phenoxy) is 1. The molecule has 1 heterocycles. The van der Waals surface area contributed by atoms with Gasteiger partial charge in [-0.1, -0.05) is 30.3 Å². The third-order valence-electron chi connectivity index (χ3n) is 4.03. The smallest absolute Gasteiger partial charge is 0.262 e. The van der Waals surface area contributed by atoms with Gasteiger partial charge in [0, 0.05) is 5.69 Å². The van der Waals surface area contributed by atoms with E-state index in [2.05, 4.69) is 25.5 Å². The molecule has 0 fully saturated rings. The molecule has 0 bridgehead atoms. The van der Waals surface area contributed by atoms with Crippen LogP contribution >= 0.6 is 0 Å². The molecule has 142 valence electrons. The van der Waals surface area contributed by atoms with E-state index < -0.39 is 0 Å². The second-order valence-corrected chi connectivity index (χ2v) is 6.12. The minimum absolute atomic E-state index is 0.156. The van der Waals surface area contributed by atoms with Gasteiger partial charge < -0.3 is 10.1 Å². The van der Waals surface area contributed by atoms with Crippen molar-refractivity contribution in [2.24, 2.45) is 10.2 Å². The number of carbonyl (C=O) groups is 1. The standard InChI is InChI=1S/C22H17N5O2/c28-21(14-29-22-19-8-4-5-9-20(19)23-15-24-22)25-16-10-12-18(13-11-16)27-26-17-6-2-1-3-7-17/h1-13,15H,14H2,(H,25,28). The van der Waals surface area contributed by atoms with Crippen molar-refractivity contribution >= 4 is 33.9 Å². The molecule has 0 saturated carbocycles. The van der Waals surface area contributed by atoms with Crippen molar-refractivity contribution in [3.05, 3.63) is 85.2 Å². The summed E-state index contributed by atoms with van der Waals surface area (Å²) >= 11 is 0.